The van der Waals surface area contributed by atoms with Gasteiger partial charge in [0.1, 0.15) is 11.4 Å². The van der Waals surface area contributed by atoms with Crippen molar-refractivity contribution in [2.75, 3.05) is 11.9 Å². The monoisotopic (exact) mass is 301 g/mol. The molecule has 1 aliphatic heterocycles. The molecule has 0 aromatic carbocycles. The predicted octanol–water partition coefficient (Wildman–Crippen LogP) is 0.955. The van der Waals surface area contributed by atoms with Gasteiger partial charge in [0.2, 0.25) is 11.8 Å². The SMILES string of the molecule is O=C(Nc1ccc[nH]c1=O)[C@H]1CC(=O)N(Cc2ccco2)C1. The number of carbonyl (C=O) groups is 2. The molecule has 2 N–H and O–H groups in total. The fraction of sp³-hybridized carbons (Fsp3) is 0.267. The van der Waals surface area contributed by atoms with Gasteiger partial charge in [-0.1, -0.05) is 0 Å². The van der Waals surface area contributed by atoms with Gasteiger partial charge in [-0.2, -0.15) is 0 Å². The maximum atomic E-state index is 12.2. The van der Waals surface area contributed by atoms with Gasteiger partial charge in [0.15, 0.2) is 0 Å². The maximum absolute atomic E-state index is 12.2. The van der Waals surface area contributed by atoms with Crippen LogP contribution in [0, 0.1) is 5.92 Å². The van der Waals surface area contributed by atoms with E-state index in [1.54, 1.807) is 29.4 Å². The van der Waals surface area contributed by atoms with E-state index >= 15 is 0 Å². The third kappa shape index (κ3) is 2.93. The van der Waals surface area contributed by atoms with Crippen LogP contribution in [0.5, 0.6) is 0 Å². The van der Waals surface area contributed by atoms with Crippen LogP contribution >= 0.6 is 0 Å². The molecule has 0 unspecified atom stereocenters. The number of nitrogens with zero attached hydrogens (tertiary/aromatic N) is 1. The third-order valence-corrected chi connectivity index (χ3v) is 3.59. The molecule has 3 rings (SSSR count). The number of hydrogen-bond acceptors (Lipinski definition) is 4. The quantitative estimate of drug-likeness (QED) is 0.879. The van der Waals surface area contributed by atoms with Crippen molar-refractivity contribution in [2.24, 2.45) is 5.92 Å². The minimum Gasteiger partial charge on any atom is -0.467 e. The molecule has 0 radical (unpaired) electrons. The lowest BCUT2D eigenvalue weighted by Crippen LogP contribution is -2.29. The molecule has 2 aromatic rings. The summed E-state index contributed by atoms with van der Waals surface area (Å²) in [6.45, 7) is 0.664. The first-order valence-corrected chi connectivity index (χ1v) is 6.92. The summed E-state index contributed by atoms with van der Waals surface area (Å²) in [5, 5.41) is 2.57. The first-order valence-electron chi connectivity index (χ1n) is 6.92. The number of anilines is 1. The molecule has 0 spiro atoms. The van der Waals surface area contributed by atoms with Crippen molar-refractivity contribution in [3.63, 3.8) is 0 Å². The molecule has 0 saturated carbocycles. The number of amides is 2. The van der Waals surface area contributed by atoms with E-state index in [0.29, 0.717) is 18.8 Å². The van der Waals surface area contributed by atoms with Gasteiger partial charge in [-0.25, -0.2) is 0 Å². The molecule has 2 amide bonds. The summed E-state index contributed by atoms with van der Waals surface area (Å²) in [4.78, 5) is 39.8. The van der Waals surface area contributed by atoms with Crippen molar-refractivity contribution >= 4 is 17.5 Å². The number of H-pyrrole nitrogens is 1. The van der Waals surface area contributed by atoms with Crippen molar-refractivity contribution in [1.82, 2.24) is 9.88 Å². The zero-order valence-electron chi connectivity index (χ0n) is 11.7. The first kappa shape index (κ1) is 14.1. The topological polar surface area (TPSA) is 95.4 Å². The molecule has 1 fully saturated rings. The summed E-state index contributed by atoms with van der Waals surface area (Å²) in [6.07, 6.45) is 3.17. The molecule has 1 saturated heterocycles. The molecular formula is C15H15N3O4. The predicted molar refractivity (Wildman–Crippen MR) is 77.9 cm³/mol. The van der Waals surface area contributed by atoms with Crippen molar-refractivity contribution in [3.05, 3.63) is 52.8 Å². The highest BCUT2D eigenvalue weighted by Crippen LogP contribution is 2.21. The molecule has 2 aromatic heterocycles. The van der Waals surface area contributed by atoms with E-state index in [4.69, 9.17) is 4.42 Å². The number of carbonyl (C=O) groups excluding carboxylic acids is 2. The van der Waals surface area contributed by atoms with E-state index in [2.05, 4.69) is 10.3 Å². The van der Waals surface area contributed by atoms with Gasteiger partial charge in [-0.3, -0.25) is 14.4 Å². The van der Waals surface area contributed by atoms with Gasteiger partial charge in [0.25, 0.3) is 5.56 Å². The zero-order valence-corrected chi connectivity index (χ0v) is 11.7. The standard InChI is InChI=1S/C15H15N3O4/c19-13-7-10(8-18(13)9-11-3-2-6-22-11)14(20)17-12-4-1-5-16-15(12)21/h1-6,10H,7-9H2,(H,16,21)(H,17,20)/t10-/m0/s1. The molecule has 3 heterocycles. The minimum absolute atomic E-state index is 0.0986. The fourth-order valence-corrected chi connectivity index (χ4v) is 2.45. The van der Waals surface area contributed by atoms with E-state index < -0.39 is 5.92 Å². The summed E-state index contributed by atoms with van der Waals surface area (Å²) >= 11 is 0. The summed E-state index contributed by atoms with van der Waals surface area (Å²) in [5.41, 5.74) is -0.183. The molecular weight excluding hydrogens is 286 g/mol. The Bertz CT molecular complexity index is 735. The lowest BCUT2D eigenvalue weighted by molar-refractivity contribution is -0.128. The van der Waals surface area contributed by atoms with Crippen LogP contribution in [0.1, 0.15) is 12.2 Å². The highest BCUT2D eigenvalue weighted by atomic mass is 16.3. The van der Waals surface area contributed by atoms with Gasteiger partial charge in [0, 0.05) is 19.2 Å². The minimum atomic E-state index is -0.470. The lowest BCUT2D eigenvalue weighted by Gasteiger charge is -2.14. The van der Waals surface area contributed by atoms with Crippen LogP contribution in [0.25, 0.3) is 0 Å². The average molecular weight is 301 g/mol. The van der Waals surface area contributed by atoms with Crippen LogP contribution in [-0.4, -0.2) is 28.2 Å². The second-order valence-corrected chi connectivity index (χ2v) is 5.16. The van der Waals surface area contributed by atoms with Gasteiger partial charge < -0.3 is 19.6 Å². The first-order chi connectivity index (χ1) is 10.6. The Morgan fingerprint density at radius 3 is 2.95 bits per heavy atom. The van der Waals surface area contributed by atoms with Crippen LogP contribution in [0.2, 0.25) is 0 Å². The number of hydrogen-bond donors (Lipinski definition) is 2. The number of pyridine rings is 1. The third-order valence-electron chi connectivity index (χ3n) is 3.59. The number of furan rings is 1. The number of aromatic nitrogens is 1. The van der Waals surface area contributed by atoms with Crippen LogP contribution in [0.3, 0.4) is 0 Å². The number of nitrogens with one attached hydrogen (secondary N) is 2. The highest BCUT2D eigenvalue weighted by Gasteiger charge is 2.34. The largest absolute Gasteiger partial charge is 0.467 e. The molecule has 7 nitrogen and oxygen atoms in total. The summed E-state index contributed by atoms with van der Waals surface area (Å²) in [5.74, 6) is -0.221. The van der Waals surface area contributed by atoms with Gasteiger partial charge in [0.05, 0.1) is 18.7 Å². The Balaban J connectivity index is 1.64. The Morgan fingerprint density at radius 2 is 2.23 bits per heavy atom. The molecule has 1 aliphatic rings. The van der Waals surface area contributed by atoms with Gasteiger partial charge in [-0.15, -0.1) is 0 Å². The molecule has 0 bridgehead atoms. The molecule has 114 valence electrons. The molecule has 0 aliphatic carbocycles. The van der Waals surface area contributed by atoms with Gasteiger partial charge >= 0.3 is 0 Å². The van der Waals surface area contributed by atoms with Crippen molar-refractivity contribution in [2.45, 2.75) is 13.0 Å². The number of aromatic amines is 1. The normalized spacial score (nSPS) is 17.7. The highest BCUT2D eigenvalue weighted by molar-refractivity contribution is 5.97. The van der Waals surface area contributed by atoms with E-state index in [1.807, 2.05) is 0 Å². The van der Waals surface area contributed by atoms with Crippen molar-refractivity contribution in [3.8, 4) is 0 Å². The summed E-state index contributed by atoms with van der Waals surface area (Å²) in [7, 11) is 0. The van der Waals surface area contributed by atoms with Crippen LogP contribution in [0.4, 0.5) is 5.69 Å². The van der Waals surface area contributed by atoms with E-state index in [9.17, 15) is 14.4 Å². The molecule has 7 heteroatoms. The van der Waals surface area contributed by atoms with Gasteiger partial charge in [-0.05, 0) is 24.3 Å². The fourth-order valence-electron chi connectivity index (χ4n) is 2.45. The number of likely N-dealkylation sites (tertiary alicyclic amines) is 1. The van der Waals surface area contributed by atoms with Crippen molar-refractivity contribution < 1.29 is 14.0 Å². The molecule has 22 heavy (non-hydrogen) atoms. The van der Waals surface area contributed by atoms with E-state index in [1.165, 1.54) is 12.3 Å². The second-order valence-electron chi connectivity index (χ2n) is 5.16. The van der Waals surface area contributed by atoms with Crippen LogP contribution < -0.4 is 10.9 Å². The Labute approximate surface area is 125 Å². The molecule has 1 atom stereocenters. The average Bonchev–Trinajstić information content (AvgIpc) is 3.13. The Morgan fingerprint density at radius 1 is 1.36 bits per heavy atom. The van der Waals surface area contributed by atoms with Crippen LogP contribution in [0.15, 0.2) is 45.9 Å². The number of rotatable bonds is 4. The van der Waals surface area contributed by atoms with E-state index in [-0.39, 0.29) is 29.5 Å². The Hall–Kier alpha value is -2.83. The van der Waals surface area contributed by atoms with Crippen LogP contribution in [-0.2, 0) is 16.1 Å². The zero-order chi connectivity index (χ0) is 15.5. The maximum Gasteiger partial charge on any atom is 0.271 e. The summed E-state index contributed by atoms with van der Waals surface area (Å²) in [6, 6.07) is 6.68. The lowest BCUT2D eigenvalue weighted by atomic mass is 10.1. The smallest absolute Gasteiger partial charge is 0.271 e. The Kier molecular flexibility index (Phi) is 3.78. The van der Waals surface area contributed by atoms with E-state index in [0.717, 1.165) is 0 Å². The summed E-state index contributed by atoms with van der Waals surface area (Å²) < 4.78 is 5.21. The second kappa shape index (κ2) is 5.88. The van der Waals surface area contributed by atoms with Crippen molar-refractivity contribution in [1.29, 1.82) is 0 Å².